The topological polar surface area (TPSA) is 20.2 Å². The van der Waals surface area contributed by atoms with Crippen LogP contribution in [-0.2, 0) is 19.3 Å². The molecule has 0 aromatic heterocycles. The van der Waals surface area contributed by atoms with Crippen LogP contribution in [0.15, 0.2) is 47.4 Å². The van der Waals surface area contributed by atoms with Gasteiger partial charge in [-0.05, 0) is 60.6 Å². The number of thioether (sulfide) groups is 1. The van der Waals surface area contributed by atoms with Crippen LogP contribution in [0, 0.1) is 5.82 Å². The molecule has 1 atom stereocenters. The Balaban J connectivity index is 1.55. The van der Waals surface area contributed by atoms with Crippen LogP contribution in [0.5, 0.6) is 0 Å². The summed E-state index contributed by atoms with van der Waals surface area (Å²) < 4.78 is 13.1. The van der Waals surface area contributed by atoms with Crippen LogP contribution in [0.2, 0.25) is 0 Å². The highest BCUT2D eigenvalue weighted by Gasteiger charge is 2.13. The summed E-state index contributed by atoms with van der Waals surface area (Å²) >= 11 is 1.50. The van der Waals surface area contributed by atoms with E-state index < -0.39 is 6.10 Å². The first-order chi connectivity index (χ1) is 10.2. The Kier molecular flexibility index (Phi) is 4.61. The number of fused-ring (bicyclic) bond motifs is 1. The maximum atomic E-state index is 13.1. The molecule has 0 saturated heterocycles. The second-order valence-electron chi connectivity index (χ2n) is 5.58. The third-order valence-electron chi connectivity index (χ3n) is 3.87. The van der Waals surface area contributed by atoms with Crippen molar-refractivity contribution in [2.24, 2.45) is 0 Å². The predicted molar refractivity (Wildman–Crippen MR) is 85.3 cm³/mol. The lowest BCUT2D eigenvalue weighted by atomic mass is 10.0. The van der Waals surface area contributed by atoms with Crippen molar-refractivity contribution in [3.63, 3.8) is 0 Å². The lowest BCUT2D eigenvalue weighted by molar-refractivity contribution is 0.200. The lowest BCUT2D eigenvalue weighted by Crippen LogP contribution is -2.13. The average Bonchev–Trinajstić information content (AvgIpc) is 2.93. The van der Waals surface area contributed by atoms with Gasteiger partial charge in [0.05, 0.1) is 6.10 Å². The van der Waals surface area contributed by atoms with Gasteiger partial charge in [-0.25, -0.2) is 4.39 Å². The van der Waals surface area contributed by atoms with Gasteiger partial charge in [-0.15, -0.1) is 11.8 Å². The minimum absolute atomic E-state index is 0.229. The number of hydrogen-bond acceptors (Lipinski definition) is 2. The minimum Gasteiger partial charge on any atom is -0.392 e. The molecule has 0 heterocycles. The Hall–Kier alpha value is -1.32. The molecule has 2 aromatic carbocycles. The highest BCUT2D eigenvalue weighted by atomic mass is 32.2. The van der Waals surface area contributed by atoms with Gasteiger partial charge in [-0.2, -0.15) is 0 Å². The van der Waals surface area contributed by atoms with Gasteiger partial charge in [0.15, 0.2) is 0 Å². The Labute approximate surface area is 129 Å². The molecule has 0 amide bonds. The largest absolute Gasteiger partial charge is 0.392 e. The van der Waals surface area contributed by atoms with E-state index in [9.17, 15) is 9.50 Å². The molecule has 0 radical (unpaired) electrons. The molecular weight excluding hydrogens is 283 g/mol. The van der Waals surface area contributed by atoms with E-state index in [4.69, 9.17) is 0 Å². The number of halogens is 1. The van der Waals surface area contributed by atoms with Gasteiger partial charge < -0.3 is 5.11 Å². The van der Waals surface area contributed by atoms with Crippen molar-refractivity contribution < 1.29 is 9.50 Å². The Morgan fingerprint density at radius 1 is 1.10 bits per heavy atom. The van der Waals surface area contributed by atoms with Crippen LogP contribution in [0.3, 0.4) is 0 Å². The standard InChI is InChI=1S/C18H19FOS/c19-16-5-2-6-18(11-16)21-12-17(20)10-13-7-8-14-3-1-4-15(14)9-13/h2,5-9,11,17,20H,1,3-4,10,12H2. The maximum absolute atomic E-state index is 13.1. The van der Waals surface area contributed by atoms with Gasteiger partial charge >= 0.3 is 0 Å². The molecule has 1 aliphatic rings. The number of aliphatic hydroxyl groups excluding tert-OH is 1. The summed E-state index contributed by atoms with van der Waals surface area (Å²) in [4.78, 5) is 0.864. The van der Waals surface area contributed by atoms with Crippen molar-refractivity contribution in [3.05, 3.63) is 65.0 Å². The van der Waals surface area contributed by atoms with Gasteiger partial charge in [0, 0.05) is 10.6 Å². The van der Waals surface area contributed by atoms with Crippen molar-refractivity contribution >= 4 is 11.8 Å². The van der Waals surface area contributed by atoms with E-state index in [0.717, 1.165) is 11.3 Å². The maximum Gasteiger partial charge on any atom is 0.124 e. The fraction of sp³-hybridized carbons (Fsp3) is 0.333. The number of hydrogen-bond donors (Lipinski definition) is 1. The fourth-order valence-electron chi connectivity index (χ4n) is 2.83. The second-order valence-corrected chi connectivity index (χ2v) is 6.68. The monoisotopic (exact) mass is 302 g/mol. The van der Waals surface area contributed by atoms with Crippen LogP contribution in [-0.4, -0.2) is 17.0 Å². The van der Waals surface area contributed by atoms with E-state index in [1.807, 2.05) is 6.07 Å². The van der Waals surface area contributed by atoms with Crippen molar-refractivity contribution in [2.45, 2.75) is 36.7 Å². The fourth-order valence-corrected chi connectivity index (χ4v) is 3.71. The Morgan fingerprint density at radius 2 is 1.95 bits per heavy atom. The molecule has 1 nitrogen and oxygen atoms in total. The molecule has 1 unspecified atom stereocenters. The third kappa shape index (κ3) is 3.86. The molecular formula is C18H19FOS. The Bertz CT molecular complexity index is 626. The van der Waals surface area contributed by atoms with Crippen LogP contribution >= 0.6 is 11.8 Å². The molecule has 0 aliphatic heterocycles. The number of rotatable bonds is 5. The van der Waals surface area contributed by atoms with Crippen LogP contribution < -0.4 is 0 Å². The van der Waals surface area contributed by atoms with E-state index in [1.54, 1.807) is 6.07 Å². The number of benzene rings is 2. The first-order valence-electron chi connectivity index (χ1n) is 7.38. The number of aliphatic hydroxyl groups is 1. The molecule has 21 heavy (non-hydrogen) atoms. The second kappa shape index (κ2) is 6.63. The molecule has 2 aromatic rings. The van der Waals surface area contributed by atoms with Gasteiger partial charge in [0.25, 0.3) is 0 Å². The summed E-state index contributed by atoms with van der Waals surface area (Å²) in [5.74, 6) is 0.355. The highest BCUT2D eigenvalue weighted by Crippen LogP contribution is 2.24. The normalized spacial score (nSPS) is 15.0. The molecule has 0 saturated carbocycles. The van der Waals surface area contributed by atoms with E-state index >= 15 is 0 Å². The summed E-state index contributed by atoms with van der Waals surface area (Å²) in [5.41, 5.74) is 4.10. The first-order valence-corrected chi connectivity index (χ1v) is 8.36. The SMILES string of the molecule is OC(CSc1cccc(F)c1)Cc1ccc2c(c1)CCC2. The molecule has 0 bridgehead atoms. The molecule has 110 valence electrons. The third-order valence-corrected chi connectivity index (χ3v) is 5.01. The molecule has 0 spiro atoms. The van der Waals surface area contributed by atoms with Gasteiger partial charge in [0.2, 0.25) is 0 Å². The van der Waals surface area contributed by atoms with E-state index in [-0.39, 0.29) is 5.82 Å². The molecule has 1 aliphatic carbocycles. The first kappa shape index (κ1) is 14.6. The predicted octanol–water partition coefficient (Wildman–Crippen LogP) is 4.01. The van der Waals surface area contributed by atoms with Gasteiger partial charge in [-0.3, -0.25) is 0 Å². The summed E-state index contributed by atoms with van der Waals surface area (Å²) in [6.45, 7) is 0. The average molecular weight is 302 g/mol. The van der Waals surface area contributed by atoms with Crippen LogP contribution in [0.25, 0.3) is 0 Å². The van der Waals surface area contributed by atoms with Gasteiger partial charge in [-0.1, -0.05) is 24.3 Å². The summed E-state index contributed by atoms with van der Waals surface area (Å²) in [7, 11) is 0. The smallest absolute Gasteiger partial charge is 0.124 e. The van der Waals surface area contributed by atoms with Crippen LogP contribution in [0.4, 0.5) is 4.39 Å². The van der Waals surface area contributed by atoms with E-state index in [1.165, 1.54) is 53.4 Å². The van der Waals surface area contributed by atoms with Crippen molar-refractivity contribution in [1.82, 2.24) is 0 Å². The van der Waals surface area contributed by atoms with Crippen molar-refractivity contribution in [1.29, 1.82) is 0 Å². The summed E-state index contributed by atoms with van der Waals surface area (Å²) in [6.07, 6.45) is 3.86. The minimum atomic E-state index is -0.405. The summed E-state index contributed by atoms with van der Waals surface area (Å²) in [6, 6.07) is 13.1. The number of aryl methyl sites for hydroxylation is 2. The quantitative estimate of drug-likeness (QED) is 0.842. The van der Waals surface area contributed by atoms with E-state index in [0.29, 0.717) is 12.2 Å². The Morgan fingerprint density at radius 3 is 2.81 bits per heavy atom. The van der Waals surface area contributed by atoms with E-state index in [2.05, 4.69) is 18.2 Å². The van der Waals surface area contributed by atoms with Crippen molar-refractivity contribution in [2.75, 3.05) is 5.75 Å². The highest BCUT2D eigenvalue weighted by molar-refractivity contribution is 7.99. The molecule has 3 heteroatoms. The molecule has 0 fully saturated rings. The zero-order valence-corrected chi connectivity index (χ0v) is 12.7. The lowest BCUT2D eigenvalue weighted by Gasteiger charge is -2.11. The zero-order valence-electron chi connectivity index (χ0n) is 11.9. The molecule has 3 rings (SSSR count). The van der Waals surface area contributed by atoms with Gasteiger partial charge in [0.1, 0.15) is 5.82 Å². The zero-order chi connectivity index (χ0) is 14.7. The van der Waals surface area contributed by atoms with Crippen LogP contribution in [0.1, 0.15) is 23.1 Å². The molecule has 1 N–H and O–H groups in total. The van der Waals surface area contributed by atoms with Crippen molar-refractivity contribution in [3.8, 4) is 0 Å². The summed E-state index contributed by atoms with van der Waals surface area (Å²) in [5, 5.41) is 10.2.